The first kappa shape index (κ1) is 22.5. The van der Waals surface area contributed by atoms with Crippen molar-refractivity contribution in [3.05, 3.63) is 54.4 Å². The third-order valence-electron chi connectivity index (χ3n) is 7.49. The quantitative estimate of drug-likeness (QED) is 0.460. The van der Waals surface area contributed by atoms with Gasteiger partial charge in [0, 0.05) is 56.8 Å². The summed E-state index contributed by atoms with van der Waals surface area (Å²) in [7, 11) is 0. The number of pyridine rings is 1. The van der Waals surface area contributed by atoms with Crippen molar-refractivity contribution in [1.82, 2.24) is 14.3 Å². The largest absolute Gasteiger partial charge is 0.353 e. The molecule has 1 aliphatic carbocycles. The molecule has 0 atom stereocenters. The Morgan fingerprint density at radius 3 is 2.55 bits per heavy atom. The summed E-state index contributed by atoms with van der Waals surface area (Å²) in [5.41, 5.74) is 1.04. The number of carbonyl (C=O) groups is 1. The van der Waals surface area contributed by atoms with Crippen LogP contribution >= 0.6 is 11.5 Å². The number of piperazine rings is 1. The van der Waals surface area contributed by atoms with Crippen molar-refractivity contribution in [2.75, 3.05) is 37.6 Å². The van der Waals surface area contributed by atoms with E-state index >= 15 is 0 Å². The Morgan fingerprint density at radius 1 is 0.970 bits per heavy atom. The van der Waals surface area contributed by atoms with Crippen LogP contribution in [0.1, 0.15) is 44.1 Å². The number of benzene rings is 1. The molecule has 0 bridgehead atoms. The van der Waals surface area contributed by atoms with E-state index in [0.717, 1.165) is 44.1 Å². The summed E-state index contributed by atoms with van der Waals surface area (Å²) in [6.07, 6.45) is 11.2. The molecule has 2 aliphatic rings. The van der Waals surface area contributed by atoms with Crippen molar-refractivity contribution in [1.29, 1.82) is 0 Å². The lowest BCUT2D eigenvalue weighted by atomic mass is 9.78. The predicted octanol–water partition coefficient (Wildman–Crippen LogP) is 5.21. The van der Waals surface area contributed by atoms with Crippen LogP contribution in [0.25, 0.3) is 10.1 Å². The van der Waals surface area contributed by atoms with Gasteiger partial charge in [0.25, 0.3) is 0 Å². The number of anilines is 1. The van der Waals surface area contributed by atoms with Crippen LogP contribution in [0.2, 0.25) is 0 Å². The average molecular weight is 463 g/mol. The van der Waals surface area contributed by atoms with Crippen LogP contribution in [0.5, 0.6) is 0 Å². The number of nitrogens with zero attached hydrogens (tertiary/aromatic N) is 4. The second-order valence-corrected chi connectivity index (χ2v) is 10.6. The van der Waals surface area contributed by atoms with Gasteiger partial charge in [0.15, 0.2) is 0 Å². The zero-order chi connectivity index (χ0) is 22.5. The summed E-state index contributed by atoms with van der Waals surface area (Å²) >= 11 is 1.61. The lowest BCUT2D eigenvalue weighted by Crippen LogP contribution is -2.47. The van der Waals surface area contributed by atoms with E-state index < -0.39 is 0 Å². The first-order valence-electron chi connectivity index (χ1n) is 12.5. The molecule has 2 fully saturated rings. The molecule has 0 radical (unpaired) electrons. The summed E-state index contributed by atoms with van der Waals surface area (Å²) in [6, 6.07) is 12.5. The second-order valence-electron chi connectivity index (χ2n) is 9.79. The minimum atomic E-state index is 0.372. The van der Waals surface area contributed by atoms with Crippen molar-refractivity contribution < 1.29 is 4.79 Å². The summed E-state index contributed by atoms with van der Waals surface area (Å²) < 4.78 is 6.02. The van der Waals surface area contributed by atoms with E-state index in [0.29, 0.717) is 18.1 Å². The topological polar surface area (TPSA) is 49.3 Å². The van der Waals surface area contributed by atoms with Crippen LogP contribution in [0.3, 0.4) is 0 Å². The van der Waals surface area contributed by atoms with Crippen molar-refractivity contribution in [3.63, 3.8) is 0 Å². The number of Topliss-reactive ketones (excluding diaryl/α,β-unsaturated/α-hetero) is 1. The van der Waals surface area contributed by atoms with Crippen LogP contribution in [0, 0.1) is 11.8 Å². The second kappa shape index (κ2) is 10.7. The van der Waals surface area contributed by atoms with Crippen molar-refractivity contribution in [2.45, 2.75) is 44.9 Å². The van der Waals surface area contributed by atoms with E-state index in [9.17, 15) is 4.79 Å². The molecule has 174 valence electrons. The number of fused-ring (bicyclic) bond motifs is 1. The Bertz CT molecular complexity index is 1040. The van der Waals surface area contributed by atoms with Gasteiger partial charge in [-0.3, -0.25) is 14.7 Å². The minimum absolute atomic E-state index is 0.372. The molecule has 2 aromatic heterocycles. The highest BCUT2D eigenvalue weighted by Crippen LogP contribution is 2.33. The van der Waals surface area contributed by atoms with Crippen LogP contribution < -0.4 is 4.90 Å². The van der Waals surface area contributed by atoms with Gasteiger partial charge in [0.1, 0.15) is 11.6 Å². The molecule has 6 heteroatoms. The first-order valence-corrected chi connectivity index (χ1v) is 13.2. The summed E-state index contributed by atoms with van der Waals surface area (Å²) in [5, 5.41) is 1.30. The van der Waals surface area contributed by atoms with Gasteiger partial charge in [-0.05, 0) is 72.9 Å². The molecule has 1 saturated carbocycles. The normalized spacial score (nSPS) is 22.0. The molecular formula is C27H34N4OS. The van der Waals surface area contributed by atoms with E-state index in [2.05, 4.69) is 39.0 Å². The highest BCUT2D eigenvalue weighted by Gasteiger charge is 2.25. The lowest BCUT2D eigenvalue weighted by molar-refractivity contribution is -0.119. The number of hydrogen-bond donors (Lipinski definition) is 0. The van der Waals surface area contributed by atoms with E-state index in [1.165, 1.54) is 54.6 Å². The standard InChI is InChI=1S/C27H34N4OS/c32-24(19-23-4-3-12-28-20-23)18-22-9-7-21(8-10-22)11-13-30-14-16-31(17-15-30)27-25-5-1-2-6-26(25)33-29-27/h1-6,12,20-22H,7-11,13-19H2. The van der Waals surface area contributed by atoms with Gasteiger partial charge in [-0.15, -0.1) is 0 Å². The maximum Gasteiger partial charge on any atom is 0.150 e. The molecule has 0 spiro atoms. The van der Waals surface area contributed by atoms with Crippen LogP contribution in [-0.4, -0.2) is 52.8 Å². The van der Waals surface area contributed by atoms with Gasteiger partial charge in [0.2, 0.25) is 0 Å². The van der Waals surface area contributed by atoms with Gasteiger partial charge in [-0.25, -0.2) is 0 Å². The molecule has 0 unspecified atom stereocenters. The fraction of sp³-hybridized carbons (Fsp3) is 0.519. The third-order valence-corrected chi connectivity index (χ3v) is 8.31. The molecule has 33 heavy (non-hydrogen) atoms. The Kier molecular flexibility index (Phi) is 7.32. The molecule has 0 N–H and O–H groups in total. The molecule has 1 aromatic carbocycles. The van der Waals surface area contributed by atoms with Crippen LogP contribution in [0.4, 0.5) is 5.82 Å². The molecule has 1 saturated heterocycles. The smallest absolute Gasteiger partial charge is 0.150 e. The predicted molar refractivity (Wildman–Crippen MR) is 136 cm³/mol. The van der Waals surface area contributed by atoms with Crippen molar-refractivity contribution in [2.24, 2.45) is 11.8 Å². The zero-order valence-corrected chi connectivity index (χ0v) is 20.2. The third kappa shape index (κ3) is 5.79. The van der Waals surface area contributed by atoms with E-state index in [4.69, 9.17) is 4.37 Å². The Balaban J connectivity index is 1.00. The van der Waals surface area contributed by atoms with Gasteiger partial charge in [-0.1, -0.05) is 31.0 Å². The fourth-order valence-corrected chi connectivity index (χ4v) is 6.29. The molecule has 1 aliphatic heterocycles. The van der Waals surface area contributed by atoms with Gasteiger partial charge in [-0.2, -0.15) is 4.37 Å². The lowest BCUT2D eigenvalue weighted by Gasteiger charge is -2.36. The number of rotatable bonds is 8. The summed E-state index contributed by atoms with van der Waals surface area (Å²) in [6.45, 7) is 5.61. The SMILES string of the molecule is O=C(Cc1cccnc1)CC1CCC(CCN2CCN(c3nsc4ccccc34)CC2)CC1. The minimum Gasteiger partial charge on any atom is -0.353 e. The van der Waals surface area contributed by atoms with Crippen LogP contribution in [-0.2, 0) is 11.2 Å². The van der Waals surface area contributed by atoms with Gasteiger partial charge >= 0.3 is 0 Å². The summed E-state index contributed by atoms with van der Waals surface area (Å²) in [5.74, 6) is 2.96. The van der Waals surface area contributed by atoms with E-state index in [1.54, 1.807) is 17.7 Å². The monoisotopic (exact) mass is 462 g/mol. The average Bonchev–Trinajstić information content (AvgIpc) is 3.29. The Hall–Kier alpha value is -2.31. The van der Waals surface area contributed by atoms with Gasteiger partial charge in [0.05, 0.1) is 4.70 Å². The number of aromatic nitrogens is 2. The number of carbonyl (C=O) groups excluding carboxylic acids is 1. The Morgan fingerprint density at radius 2 is 1.76 bits per heavy atom. The molecule has 5 nitrogen and oxygen atoms in total. The molecular weight excluding hydrogens is 428 g/mol. The number of ketones is 1. The van der Waals surface area contributed by atoms with Crippen LogP contribution in [0.15, 0.2) is 48.8 Å². The Labute approximate surface area is 201 Å². The maximum atomic E-state index is 12.4. The highest BCUT2D eigenvalue weighted by atomic mass is 32.1. The van der Waals surface area contributed by atoms with Crippen molar-refractivity contribution >= 4 is 33.2 Å². The summed E-state index contributed by atoms with van der Waals surface area (Å²) in [4.78, 5) is 21.7. The zero-order valence-electron chi connectivity index (χ0n) is 19.4. The molecule has 5 rings (SSSR count). The van der Waals surface area contributed by atoms with E-state index in [-0.39, 0.29) is 0 Å². The first-order chi connectivity index (χ1) is 16.2. The van der Waals surface area contributed by atoms with Crippen molar-refractivity contribution in [3.8, 4) is 0 Å². The number of hydrogen-bond acceptors (Lipinski definition) is 6. The van der Waals surface area contributed by atoms with Gasteiger partial charge < -0.3 is 4.90 Å². The molecule has 3 aromatic rings. The molecule has 3 heterocycles. The maximum absolute atomic E-state index is 12.4. The fourth-order valence-electron chi connectivity index (χ4n) is 5.50. The highest BCUT2D eigenvalue weighted by molar-refractivity contribution is 7.13. The molecule has 0 amide bonds. The van der Waals surface area contributed by atoms with E-state index in [1.807, 2.05) is 18.3 Å².